The predicted molar refractivity (Wildman–Crippen MR) is 109 cm³/mol. The first-order valence-corrected chi connectivity index (χ1v) is 9.94. The number of benzene rings is 2. The fourth-order valence-corrected chi connectivity index (χ4v) is 4.04. The van der Waals surface area contributed by atoms with Crippen molar-refractivity contribution in [3.8, 4) is 0 Å². The Morgan fingerprint density at radius 3 is 2.39 bits per heavy atom. The van der Waals surface area contributed by atoms with Crippen molar-refractivity contribution in [3.05, 3.63) is 66.2 Å². The molecule has 2 aliphatic heterocycles. The summed E-state index contributed by atoms with van der Waals surface area (Å²) in [5, 5.41) is 6.76. The topological polar surface area (TPSA) is 56.8 Å². The van der Waals surface area contributed by atoms with Crippen molar-refractivity contribution in [1.29, 1.82) is 0 Å². The van der Waals surface area contributed by atoms with Crippen molar-refractivity contribution in [2.45, 2.75) is 25.0 Å². The lowest BCUT2D eigenvalue weighted by atomic mass is 9.95. The zero-order chi connectivity index (χ0) is 19.2. The van der Waals surface area contributed by atoms with Crippen LogP contribution in [0.1, 0.15) is 18.4 Å². The van der Waals surface area contributed by atoms with Crippen molar-refractivity contribution < 1.29 is 9.53 Å². The van der Waals surface area contributed by atoms with Gasteiger partial charge in [-0.3, -0.25) is 15.0 Å². The molecule has 2 saturated heterocycles. The normalized spacial score (nSPS) is 19.3. The van der Waals surface area contributed by atoms with Crippen LogP contribution < -0.4 is 10.6 Å². The molecule has 28 heavy (non-hydrogen) atoms. The molecular weight excluding hydrogens is 352 g/mol. The molecule has 2 aromatic carbocycles. The Bertz CT molecular complexity index is 761. The SMILES string of the molecule is O=C1CNC2(CCN(COCNc3ccccc3)CC2)N1Cc1ccccc1. The number of likely N-dealkylation sites (tertiary alicyclic amines) is 1. The standard InChI is InChI=1S/C22H28N4O2/c27-21-15-24-22(26(21)16-19-7-3-1-4-8-19)11-13-25(14-12-22)18-28-17-23-20-9-5-2-6-10-20/h1-10,23-24H,11-18H2. The Morgan fingerprint density at radius 1 is 1.00 bits per heavy atom. The van der Waals surface area contributed by atoms with E-state index in [1.807, 2.05) is 53.4 Å². The van der Waals surface area contributed by atoms with Crippen molar-refractivity contribution in [2.24, 2.45) is 0 Å². The van der Waals surface area contributed by atoms with Crippen LogP contribution >= 0.6 is 0 Å². The lowest BCUT2D eigenvalue weighted by Crippen LogP contribution is -2.58. The molecule has 6 heteroatoms. The van der Waals surface area contributed by atoms with E-state index in [9.17, 15) is 4.79 Å². The maximum Gasteiger partial charge on any atom is 0.238 e. The maximum atomic E-state index is 12.5. The molecule has 0 bridgehead atoms. The van der Waals surface area contributed by atoms with Gasteiger partial charge >= 0.3 is 0 Å². The third-order valence-electron chi connectivity index (χ3n) is 5.68. The molecule has 6 nitrogen and oxygen atoms in total. The van der Waals surface area contributed by atoms with Gasteiger partial charge in [-0.15, -0.1) is 0 Å². The van der Waals surface area contributed by atoms with E-state index in [1.165, 1.54) is 5.56 Å². The number of hydrogen-bond acceptors (Lipinski definition) is 5. The van der Waals surface area contributed by atoms with E-state index in [2.05, 4.69) is 27.7 Å². The quantitative estimate of drug-likeness (QED) is 0.571. The van der Waals surface area contributed by atoms with Crippen LogP contribution in [0.25, 0.3) is 0 Å². The van der Waals surface area contributed by atoms with E-state index in [1.54, 1.807) is 0 Å². The van der Waals surface area contributed by atoms with Crippen LogP contribution in [0.3, 0.4) is 0 Å². The molecule has 2 fully saturated rings. The van der Waals surface area contributed by atoms with Gasteiger partial charge in [0.2, 0.25) is 5.91 Å². The van der Waals surface area contributed by atoms with Crippen molar-refractivity contribution in [1.82, 2.24) is 15.1 Å². The van der Waals surface area contributed by atoms with E-state index in [0.717, 1.165) is 31.6 Å². The number of carbonyl (C=O) groups is 1. The van der Waals surface area contributed by atoms with Gasteiger partial charge in [-0.25, -0.2) is 0 Å². The summed E-state index contributed by atoms with van der Waals surface area (Å²) in [7, 11) is 0. The van der Waals surface area contributed by atoms with Crippen LogP contribution in [0, 0.1) is 0 Å². The van der Waals surface area contributed by atoms with Crippen LogP contribution in [0.2, 0.25) is 0 Å². The monoisotopic (exact) mass is 380 g/mol. The Hall–Kier alpha value is -2.41. The van der Waals surface area contributed by atoms with E-state index in [4.69, 9.17) is 4.74 Å². The molecular formula is C22H28N4O2. The number of amides is 1. The number of nitrogens with zero attached hydrogens (tertiary/aromatic N) is 2. The molecule has 1 amide bonds. The number of piperidine rings is 1. The van der Waals surface area contributed by atoms with E-state index in [-0.39, 0.29) is 11.6 Å². The van der Waals surface area contributed by atoms with Gasteiger partial charge in [-0.1, -0.05) is 48.5 Å². The average Bonchev–Trinajstić information content (AvgIpc) is 3.04. The molecule has 2 heterocycles. The van der Waals surface area contributed by atoms with Crippen LogP contribution in [0.15, 0.2) is 60.7 Å². The maximum absolute atomic E-state index is 12.5. The Kier molecular flexibility index (Phi) is 5.90. The summed E-state index contributed by atoms with van der Waals surface area (Å²) in [6.07, 6.45) is 1.84. The van der Waals surface area contributed by atoms with Crippen LogP contribution in [0.5, 0.6) is 0 Å². The minimum absolute atomic E-state index is 0.195. The minimum Gasteiger partial charge on any atom is -0.363 e. The zero-order valence-corrected chi connectivity index (χ0v) is 16.1. The molecule has 0 unspecified atom stereocenters. The summed E-state index contributed by atoms with van der Waals surface area (Å²) in [6.45, 7) is 4.02. The Labute approximate surface area is 166 Å². The fraction of sp³-hybridized carbons (Fsp3) is 0.409. The van der Waals surface area contributed by atoms with Gasteiger partial charge in [-0.2, -0.15) is 0 Å². The molecule has 1 spiro atoms. The molecule has 0 aliphatic carbocycles. The predicted octanol–water partition coefficient (Wildman–Crippen LogP) is 2.45. The Balaban J connectivity index is 1.26. The van der Waals surface area contributed by atoms with Gasteiger partial charge in [0, 0.05) is 25.3 Å². The summed E-state index contributed by atoms with van der Waals surface area (Å²) in [4.78, 5) is 16.8. The van der Waals surface area contributed by atoms with Crippen LogP contribution in [0.4, 0.5) is 5.69 Å². The number of hydrogen-bond donors (Lipinski definition) is 2. The van der Waals surface area contributed by atoms with Gasteiger partial charge in [0.15, 0.2) is 0 Å². The number of ether oxygens (including phenoxy) is 1. The van der Waals surface area contributed by atoms with Gasteiger partial charge in [0.25, 0.3) is 0 Å². The summed E-state index contributed by atoms with van der Waals surface area (Å²) >= 11 is 0. The second-order valence-electron chi connectivity index (χ2n) is 7.49. The zero-order valence-electron chi connectivity index (χ0n) is 16.1. The molecule has 2 aromatic rings. The first-order valence-electron chi connectivity index (χ1n) is 9.94. The number of nitrogens with one attached hydrogen (secondary N) is 2. The molecule has 4 rings (SSSR count). The minimum atomic E-state index is -0.217. The van der Waals surface area contributed by atoms with Crippen LogP contribution in [-0.4, -0.2) is 54.5 Å². The highest BCUT2D eigenvalue weighted by Gasteiger charge is 2.46. The molecule has 148 valence electrons. The highest BCUT2D eigenvalue weighted by atomic mass is 16.5. The van der Waals surface area contributed by atoms with Crippen molar-refractivity contribution >= 4 is 11.6 Å². The number of carbonyl (C=O) groups excluding carboxylic acids is 1. The molecule has 0 radical (unpaired) electrons. The molecule has 0 saturated carbocycles. The first kappa shape index (κ1) is 18.9. The van der Waals surface area contributed by atoms with E-state index >= 15 is 0 Å². The lowest BCUT2D eigenvalue weighted by Gasteiger charge is -2.44. The lowest BCUT2D eigenvalue weighted by molar-refractivity contribution is -0.133. The number of para-hydroxylation sites is 1. The summed E-state index contributed by atoms with van der Waals surface area (Å²) in [6, 6.07) is 20.3. The summed E-state index contributed by atoms with van der Waals surface area (Å²) in [5.41, 5.74) is 2.02. The fourth-order valence-electron chi connectivity index (χ4n) is 4.04. The molecule has 2 N–H and O–H groups in total. The number of anilines is 1. The van der Waals surface area contributed by atoms with Gasteiger partial charge in [0.05, 0.1) is 12.2 Å². The second kappa shape index (κ2) is 8.73. The summed E-state index contributed by atoms with van der Waals surface area (Å²) < 4.78 is 5.79. The van der Waals surface area contributed by atoms with Gasteiger partial charge < -0.3 is 15.0 Å². The highest BCUT2D eigenvalue weighted by molar-refractivity contribution is 5.81. The molecule has 0 atom stereocenters. The largest absolute Gasteiger partial charge is 0.363 e. The van der Waals surface area contributed by atoms with E-state index in [0.29, 0.717) is 26.6 Å². The summed E-state index contributed by atoms with van der Waals surface area (Å²) in [5.74, 6) is 0.195. The highest BCUT2D eigenvalue weighted by Crippen LogP contribution is 2.31. The molecule has 0 aromatic heterocycles. The van der Waals surface area contributed by atoms with Crippen molar-refractivity contribution in [2.75, 3.05) is 38.4 Å². The van der Waals surface area contributed by atoms with Crippen molar-refractivity contribution in [3.63, 3.8) is 0 Å². The third kappa shape index (κ3) is 4.35. The van der Waals surface area contributed by atoms with Gasteiger partial charge in [0.1, 0.15) is 13.5 Å². The van der Waals surface area contributed by atoms with Crippen LogP contribution in [-0.2, 0) is 16.1 Å². The molecule has 2 aliphatic rings. The smallest absolute Gasteiger partial charge is 0.238 e. The third-order valence-corrected chi connectivity index (χ3v) is 5.68. The van der Waals surface area contributed by atoms with Gasteiger partial charge in [-0.05, 0) is 30.5 Å². The second-order valence-corrected chi connectivity index (χ2v) is 7.49. The average molecular weight is 380 g/mol. The Morgan fingerprint density at radius 2 is 1.68 bits per heavy atom. The first-order chi connectivity index (χ1) is 13.8. The number of rotatable bonds is 7. The van der Waals surface area contributed by atoms with E-state index < -0.39 is 0 Å².